The molecule has 2 aromatic rings. The van der Waals surface area contributed by atoms with Crippen LogP contribution in [-0.2, 0) is 9.59 Å². The molecular weight excluding hydrogens is 320 g/mol. The second-order valence-corrected chi connectivity index (χ2v) is 4.99. The highest BCUT2D eigenvalue weighted by atomic mass is 16.5. The van der Waals surface area contributed by atoms with E-state index in [1.165, 1.54) is 13.1 Å². The topological polar surface area (TPSA) is 104 Å². The van der Waals surface area contributed by atoms with Crippen molar-refractivity contribution in [2.24, 2.45) is 5.10 Å². The van der Waals surface area contributed by atoms with Crippen molar-refractivity contribution in [1.82, 2.24) is 5.43 Å². The maximum atomic E-state index is 11.7. The van der Waals surface area contributed by atoms with Gasteiger partial charge in [0.1, 0.15) is 11.8 Å². The number of para-hydroxylation sites is 1. The molecule has 7 nitrogen and oxygen atoms in total. The van der Waals surface area contributed by atoms with E-state index in [0.29, 0.717) is 17.0 Å². The molecule has 0 aliphatic carbocycles. The fourth-order valence-electron chi connectivity index (χ4n) is 1.90. The zero-order valence-corrected chi connectivity index (χ0v) is 13.5. The number of ether oxygens (including phenoxy) is 1. The standard InChI is InChI=1S/C18H16N4O3/c1-13(23)21-16-8-6-14(7-9-16)11-20-22-18(24)12-25-17-5-3-2-4-15(17)10-19/h2-9,11H,12H2,1H3,(H,21,23)(H,22,24)/b20-11-. The Kier molecular flexibility index (Phi) is 6.25. The number of hydrogen-bond acceptors (Lipinski definition) is 5. The van der Waals surface area contributed by atoms with Gasteiger partial charge in [-0.1, -0.05) is 24.3 Å². The van der Waals surface area contributed by atoms with Gasteiger partial charge in [-0.05, 0) is 29.8 Å². The lowest BCUT2D eigenvalue weighted by atomic mass is 10.2. The van der Waals surface area contributed by atoms with Crippen LogP contribution in [-0.4, -0.2) is 24.6 Å². The molecule has 0 aliphatic rings. The molecule has 0 unspecified atom stereocenters. The Morgan fingerprint density at radius 3 is 2.60 bits per heavy atom. The summed E-state index contributed by atoms with van der Waals surface area (Å²) < 4.78 is 5.30. The largest absolute Gasteiger partial charge is 0.482 e. The zero-order valence-electron chi connectivity index (χ0n) is 13.5. The second kappa shape index (κ2) is 8.84. The number of hydrazone groups is 1. The monoisotopic (exact) mass is 336 g/mol. The number of amides is 2. The minimum Gasteiger partial charge on any atom is -0.482 e. The number of benzene rings is 2. The summed E-state index contributed by atoms with van der Waals surface area (Å²) in [5, 5.41) is 15.4. The number of nitriles is 1. The summed E-state index contributed by atoms with van der Waals surface area (Å²) in [5.74, 6) is -0.247. The molecule has 2 aromatic carbocycles. The molecule has 0 bridgehead atoms. The quantitative estimate of drug-likeness (QED) is 0.622. The fourth-order valence-corrected chi connectivity index (χ4v) is 1.90. The molecule has 0 heterocycles. The van der Waals surface area contributed by atoms with E-state index in [0.717, 1.165) is 5.56 Å². The first-order chi connectivity index (χ1) is 12.1. The number of anilines is 1. The highest BCUT2D eigenvalue weighted by molar-refractivity contribution is 5.89. The van der Waals surface area contributed by atoms with Crippen LogP contribution in [0.4, 0.5) is 5.69 Å². The molecule has 126 valence electrons. The average molecular weight is 336 g/mol. The van der Waals surface area contributed by atoms with Crippen LogP contribution in [0, 0.1) is 11.3 Å². The third kappa shape index (κ3) is 5.80. The molecule has 0 spiro atoms. The Hall–Kier alpha value is -3.66. The van der Waals surface area contributed by atoms with Gasteiger partial charge < -0.3 is 10.1 Å². The van der Waals surface area contributed by atoms with Crippen LogP contribution in [0.25, 0.3) is 0 Å². The highest BCUT2D eigenvalue weighted by Gasteiger charge is 2.05. The van der Waals surface area contributed by atoms with E-state index in [-0.39, 0.29) is 12.5 Å². The third-order valence-corrected chi connectivity index (χ3v) is 3.00. The van der Waals surface area contributed by atoms with Gasteiger partial charge in [-0.2, -0.15) is 10.4 Å². The smallest absolute Gasteiger partial charge is 0.277 e. The predicted molar refractivity (Wildman–Crippen MR) is 93.1 cm³/mol. The van der Waals surface area contributed by atoms with Gasteiger partial charge in [0.05, 0.1) is 11.8 Å². The van der Waals surface area contributed by atoms with Gasteiger partial charge in [-0.25, -0.2) is 5.43 Å². The minimum absolute atomic E-state index is 0.147. The van der Waals surface area contributed by atoms with Crippen LogP contribution < -0.4 is 15.5 Å². The summed E-state index contributed by atoms with van der Waals surface area (Å²) >= 11 is 0. The Morgan fingerprint density at radius 1 is 1.20 bits per heavy atom. The molecule has 0 aromatic heterocycles. The summed E-state index contributed by atoms with van der Waals surface area (Å²) in [6.45, 7) is 1.18. The van der Waals surface area contributed by atoms with Crippen LogP contribution >= 0.6 is 0 Å². The summed E-state index contributed by atoms with van der Waals surface area (Å²) in [6.07, 6.45) is 1.47. The first-order valence-electron chi connectivity index (χ1n) is 7.40. The van der Waals surface area contributed by atoms with Crippen LogP contribution in [0.15, 0.2) is 53.6 Å². The molecule has 0 atom stereocenters. The van der Waals surface area contributed by atoms with Crippen molar-refractivity contribution in [2.75, 3.05) is 11.9 Å². The molecule has 0 radical (unpaired) electrons. The van der Waals surface area contributed by atoms with Gasteiger partial charge in [0.25, 0.3) is 5.91 Å². The van der Waals surface area contributed by atoms with Crippen LogP contribution in [0.1, 0.15) is 18.1 Å². The first kappa shape index (κ1) is 17.7. The van der Waals surface area contributed by atoms with E-state index in [9.17, 15) is 9.59 Å². The highest BCUT2D eigenvalue weighted by Crippen LogP contribution is 2.16. The molecule has 0 saturated heterocycles. The second-order valence-electron chi connectivity index (χ2n) is 4.99. The summed E-state index contributed by atoms with van der Waals surface area (Å²) in [6, 6.07) is 15.6. The number of nitrogens with one attached hydrogen (secondary N) is 2. The van der Waals surface area contributed by atoms with E-state index >= 15 is 0 Å². The zero-order chi connectivity index (χ0) is 18.1. The molecule has 0 saturated carbocycles. The third-order valence-electron chi connectivity index (χ3n) is 3.00. The molecular formula is C18H16N4O3. The molecule has 25 heavy (non-hydrogen) atoms. The van der Waals surface area contributed by atoms with E-state index in [2.05, 4.69) is 15.8 Å². The van der Waals surface area contributed by atoms with E-state index < -0.39 is 5.91 Å². The molecule has 7 heteroatoms. The summed E-state index contributed by atoms with van der Waals surface area (Å²) in [4.78, 5) is 22.6. The van der Waals surface area contributed by atoms with E-state index in [1.54, 1.807) is 48.5 Å². The fraction of sp³-hybridized carbons (Fsp3) is 0.111. The van der Waals surface area contributed by atoms with Crippen LogP contribution in [0.5, 0.6) is 5.75 Å². The predicted octanol–water partition coefficient (Wildman–Crippen LogP) is 2.05. The molecule has 0 aliphatic heterocycles. The van der Waals surface area contributed by atoms with Gasteiger partial charge in [-0.15, -0.1) is 0 Å². The lowest BCUT2D eigenvalue weighted by Crippen LogP contribution is -2.24. The molecule has 2 rings (SSSR count). The Bertz CT molecular complexity index is 823. The minimum atomic E-state index is -0.446. The molecule has 0 fully saturated rings. The normalized spacial score (nSPS) is 10.1. The lowest BCUT2D eigenvalue weighted by Gasteiger charge is -2.06. The number of rotatable bonds is 6. The van der Waals surface area contributed by atoms with Crippen LogP contribution in [0.2, 0.25) is 0 Å². The van der Waals surface area contributed by atoms with Gasteiger partial charge in [0, 0.05) is 12.6 Å². The van der Waals surface area contributed by atoms with E-state index in [1.807, 2.05) is 6.07 Å². The van der Waals surface area contributed by atoms with Gasteiger partial charge in [0.15, 0.2) is 6.61 Å². The van der Waals surface area contributed by atoms with Gasteiger partial charge in [-0.3, -0.25) is 9.59 Å². The first-order valence-corrected chi connectivity index (χ1v) is 7.40. The van der Waals surface area contributed by atoms with Crippen LogP contribution in [0.3, 0.4) is 0 Å². The number of hydrogen-bond donors (Lipinski definition) is 2. The SMILES string of the molecule is CC(=O)Nc1ccc(/C=N\NC(=O)COc2ccccc2C#N)cc1. The Balaban J connectivity index is 1.82. The molecule has 2 amide bonds. The lowest BCUT2D eigenvalue weighted by molar-refractivity contribution is -0.123. The summed E-state index contributed by atoms with van der Waals surface area (Å²) in [5.41, 5.74) is 4.13. The van der Waals surface area contributed by atoms with Gasteiger partial charge >= 0.3 is 0 Å². The van der Waals surface area contributed by atoms with Gasteiger partial charge in [0.2, 0.25) is 5.91 Å². The van der Waals surface area contributed by atoms with Crippen molar-refractivity contribution in [3.05, 3.63) is 59.7 Å². The average Bonchev–Trinajstić information content (AvgIpc) is 2.61. The van der Waals surface area contributed by atoms with Crippen molar-refractivity contribution in [3.63, 3.8) is 0 Å². The Morgan fingerprint density at radius 2 is 1.92 bits per heavy atom. The van der Waals surface area contributed by atoms with Crippen molar-refractivity contribution < 1.29 is 14.3 Å². The maximum absolute atomic E-state index is 11.7. The Labute approximate surface area is 144 Å². The van der Waals surface area contributed by atoms with Crippen molar-refractivity contribution in [3.8, 4) is 11.8 Å². The summed E-state index contributed by atoms with van der Waals surface area (Å²) in [7, 11) is 0. The number of carbonyl (C=O) groups excluding carboxylic acids is 2. The van der Waals surface area contributed by atoms with E-state index in [4.69, 9.17) is 10.00 Å². The number of nitrogens with zero attached hydrogens (tertiary/aromatic N) is 2. The molecule has 2 N–H and O–H groups in total. The van der Waals surface area contributed by atoms with Crippen molar-refractivity contribution >= 4 is 23.7 Å². The van der Waals surface area contributed by atoms with Crippen molar-refractivity contribution in [1.29, 1.82) is 5.26 Å². The number of carbonyl (C=O) groups is 2. The maximum Gasteiger partial charge on any atom is 0.277 e. The van der Waals surface area contributed by atoms with Crippen molar-refractivity contribution in [2.45, 2.75) is 6.92 Å².